The molecule has 1 saturated heterocycles. The third-order valence-corrected chi connectivity index (χ3v) is 7.11. The van der Waals surface area contributed by atoms with Gasteiger partial charge < -0.3 is 52.1 Å². The Labute approximate surface area is 267 Å². The van der Waals surface area contributed by atoms with Crippen LogP contribution in [0, 0.1) is 0 Å². The fourth-order valence-electron chi connectivity index (χ4n) is 4.63. The Balaban J connectivity index is 1.34. The molecule has 2 atom stereocenters. The van der Waals surface area contributed by atoms with Crippen molar-refractivity contribution in [3.05, 3.63) is 59.7 Å². The van der Waals surface area contributed by atoms with Crippen LogP contribution in [-0.4, -0.2) is 117 Å². The largest absolute Gasteiger partial charge is 0.491 e. The Morgan fingerprint density at radius 1 is 0.378 bits per heavy atom. The molecule has 0 radical (unpaired) electrons. The maximum atomic E-state index is 6.17. The van der Waals surface area contributed by atoms with Gasteiger partial charge in [0.25, 0.3) is 0 Å². The highest BCUT2D eigenvalue weighted by Gasteiger charge is 2.28. The van der Waals surface area contributed by atoms with Crippen LogP contribution in [0.5, 0.6) is 11.5 Å². The van der Waals surface area contributed by atoms with Crippen molar-refractivity contribution < 1.29 is 52.1 Å². The fraction of sp³-hybridized carbons (Fsp3) is 0.647. The van der Waals surface area contributed by atoms with Crippen LogP contribution in [0.4, 0.5) is 0 Å². The first-order valence-corrected chi connectivity index (χ1v) is 15.8. The third kappa shape index (κ3) is 14.3. The molecule has 0 spiro atoms. The van der Waals surface area contributed by atoms with E-state index in [4.69, 9.17) is 52.1 Å². The van der Waals surface area contributed by atoms with Crippen molar-refractivity contribution in [3.63, 3.8) is 0 Å². The second-order valence-corrected chi connectivity index (χ2v) is 11.5. The molecule has 45 heavy (non-hydrogen) atoms. The van der Waals surface area contributed by atoms with E-state index in [-0.39, 0.29) is 0 Å². The topological polar surface area (TPSA) is 102 Å². The Morgan fingerprint density at radius 2 is 0.711 bits per heavy atom. The predicted octanol–water partition coefficient (Wildman–Crippen LogP) is 3.84. The van der Waals surface area contributed by atoms with Gasteiger partial charge in [0.2, 0.25) is 0 Å². The van der Waals surface area contributed by atoms with Gasteiger partial charge in [-0.1, -0.05) is 24.3 Å². The summed E-state index contributed by atoms with van der Waals surface area (Å²) in [7, 11) is 0. The van der Waals surface area contributed by atoms with Crippen molar-refractivity contribution in [2.24, 2.45) is 0 Å². The summed E-state index contributed by atoms with van der Waals surface area (Å²) in [5.74, 6) is 1.56. The minimum Gasteiger partial charge on any atom is -0.491 e. The van der Waals surface area contributed by atoms with Gasteiger partial charge in [0.1, 0.15) is 35.9 Å². The SMILES string of the molecule is C[C@]12COCCOC[C@](C)(COCc3ccc(cc3)OCCOCCOCCOc3ccc(cc3)COC1)OCCOCCO2. The van der Waals surface area contributed by atoms with E-state index in [0.29, 0.717) is 119 Å². The van der Waals surface area contributed by atoms with E-state index in [9.17, 15) is 0 Å². The maximum absolute atomic E-state index is 6.17. The summed E-state index contributed by atoms with van der Waals surface area (Å²) >= 11 is 0. The lowest BCUT2D eigenvalue weighted by Crippen LogP contribution is -2.41. The van der Waals surface area contributed by atoms with Crippen molar-refractivity contribution in [2.75, 3.05) is 106 Å². The standard InChI is InChI=1S/C34H50O11/c1-33-25-38-13-14-39-26-34(2,45-22-18-37-17-21-44-33)28-41-24-30-5-9-32(10-6-30)43-20-16-36-12-11-35-15-19-42-31-7-3-29(4-8-31)23-40-27-33/h3-10H,11-28H2,1-2H3/t33-,34+. The monoisotopic (exact) mass is 634 g/mol. The molecule has 7 rings (SSSR count). The molecule has 11 heteroatoms. The minimum absolute atomic E-state index is 0.359. The summed E-state index contributed by atoms with van der Waals surface area (Å²) in [6.45, 7) is 11.7. The molecular formula is C34H50O11. The number of ether oxygens (including phenoxy) is 11. The van der Waals surface area contributed by atoms with Crippen LogP contribution in [0.2, 0.25) is 0 Å². The molecule has 2 aromatic carbocycles. The van der Waals surface area contributed by atoms with Gasteiger partial charge in [0, 0.05) is 0 Å². The molecule has 0 aromatic heterocycles. The lowest BCUT2D eigenvalue weighted by molar-refractivity contribution is -0.140. The van der Waals surface area contributed by atoms with Crippen molar-refractivity contribution in [1.29, 1.82) is 0 Å². The molecule has 5 aliphatic rings. The van der Waals surface area contributed by atoms with E-state index in [1.54, 1.807) is 0 Å². The van der Waals surface area contributed by atoms with Gasteiger partial charge in [-0.25, -0.2) is 0 Å². The van der Waals surface area contributed by atoms with Crippen molar-refractivity contribution in [3.8, 4) is 11.5 Å². The highest BCUT2D eigenvalue weighted by Crippen LogP contribution is 2.18. The second-order valence-electron chi connectivity index (χ2n) is 11.5. The van der Waals surface area contributed by atoms with E-state index >= 15 is 0 Å². The molecule has 0 aliphatic carbocycles. The zero-order chi connectivity index (χ0) is 31.5. The summed E-state index contributed by atoms with van der Waals surface area (Å²) in [4.78, 5) is 0. The van der Waals surface area contributed by atoms with Gasteiger partial charge >= 0.3 is 0 Å². The summed E-state index contributed by atoms with van der Waals surface area (Å²) in [6.07, 6.45) is 0. The molecule has 0 amide bonds. The van der Waals surface area contributed by atoms with Gasteiger partial charge in [0.15, 0.2) is 0 Å². The quantitative estimate of drug-likeness (QED) is 0.423. The number of hydrogen-bond acceptors (Lipinski definition) is 11. The summed E-state index contributed by atoms with van der Waals surface area (Å²) in [5.41, 5.74) is 0.791. The molecule has 5 aliphatic heterocycles. The van der Waals surface area contributed by atoms with Crippen LogP contribution < -0.4 is 9.47 Å². The van der Waals surface area contributed by atoms with E-state index in [1.807, 2.05) is 62.4 Å². The summed E-state index contributed by atoms with van der Waals surface area (Å²) in [5, 5.41) is 0. The Kier molecular flexibility index (Phi) is 15.8. The van der Waals surface area contributed by atoms with E-state index in [0.717, 1.165) is 22.6 Å². The lowest BCUT2D eigenvalue weighted by atomic mass is 10.1. The maximum Gasteiger partial charge on any atom is 0.119 e. The van der Waals surface area contributed by atoms with E-state index < -0.39 is 11.2 Å². The van der Waals surface area contributed by atoms with Crippen LogP contribution in [0.3, 0.4) is 0 Å². The van der Waals surface area contributed by atoms with Gasteiger partial charge in [0.05, 0.1) is 106 Å². The van der Waals surface area contributed by atoms with E-state index in [2.05, 4.69) is 0 Å². The molecule has 252 valence electrons. The highest BCUT2D eigenvalue weighted by atomic mass is 16.6. The third-order valence-electron chi connectivity index (χ3n) is 7.11. The zero-order valence-electron chi connectivity index (χ0n) is 26.8. The molecule has 0 N–H and O–H groups in total. The van der Waals surface area contributed by atoms with E-state index in [1.165, 1.54) is 0 Å². The van der Waals surface area contributed by atoms with Gasteiger partial charge in [-0.3, -0.25) is 0 Å². The van der Waals surface area contributed by atoms with Crippen molar-refractivity contribution in [1.82, 2.24) is 0 Å². The summed E-state index contributed by atoms with van der Waals surface area (Å²) < 4.78 is 65.0. The van der Waals surface area contributed by atoms with Crippen LogP contribution in [0.15, 0.2) is 48.5 Å². The number of rotatable bonds is 0. The number of hydrogen-bond donors (Lipinski definition) is 0. The lowest BCUT2D eigenvalue weighted by Gasteiger charge is -2.30. The molecule has 6 bridgehead atoms. The van der Waals surface area contributed by atoms with Crippen molar-refractivity contribution in [2.45, 2.75) is 38.3 Å². The Bertz CT molecular complexity index is 968. The first-order chi connectivity index (χ1) is 22.0. The molecule has 1 fully saturated rings. The smallest absolute Gasteiger partial charge is 0.119 e. The second kappa shape index (κ2) is 20.0. The van der Waals surface area contributed by atoms with Crippen LogP contribution in [0.1, 0.15) is 25.0 Å². The van der Waals surface area contributed by atoms with Gasteiger partial charge in [-0.05, 0) is 49.2 Å². The average Bonchev–Trinajstić information content (AvgIpc) is 3.04. The minimum atomic E-state index is -0.639. The molecule has 11 nitrogen and oxygen atoms in total. The summed E-state index contributed by atoms with van der Waals surface area (Å²) in [6, 6.07) is 15.7. The van der Waals surface area contributed by atoms with Crippen LogP contribution in [-0.2, 0) is 55.8 Å². The Hall–Kier alpha value is -2.32. The van der Waals surface area contributed by atoms with Crippen LogP contribution >= 0.6 is 0 Å². The number of benzene rings is 2. The molecule has 2 aromatic rings. The molecule has 0 unspecified atom stereocenters. The first-order valence-electron chi connectivity index (χ1n) is 15.8. The molecular weight excluding hydrogens is 584 g/mol. The fourth-order valence-corrected chi connectivity index (χ4v) is 4.63. The van der Waals surface area contributed by atoms with Crippen LogP contribution in [0.25, 0.3) is 0 Å². The normalized spacial score (nSPS) is 26.8. The van der Waals surface area contributed by atoms with Crippen molar-refractivity contribution >= 4 is 0 Å². The first kappa shape index (κ1) is 35.5. The highest BCUT2D eigenvalue weighted by molar-refractivity contribution is 5.27. The molecule has 5 heterocycles. The van der Waals surface area contributed by atoms with Gasteiger partial charge in [-0.2, -0.15) is 0 Å². The average molecular weight is 635 g/mol. The zero-order valence-corrected chi connectivity index (χ0v) is 26.8. The predicted molar refractivity (Wildman–Crippen MR) is 166 cm³/mol. The van der Waals surface area contributed by atoms with Gasteiger partial charge in [-0.15, -0.1) is 0 Å². The molecule has 0 saturated carbocycles. The Morgan fingerprint density at radius 3 is 1.13 bits per heavy atom.